The van der Waals surface area contributed by atoms with Crippen LogP contribution in [0.2, 0.25) is 0 Å². The number of ether oxygens (including phenoxy) is 1. The lowest BCUT2D eigenvalue weighted by Gasteiger charge is -2.23. The molecule has 23 heavy (non-hydrogen) atoms. The molecule has 0 bridgehead atoms. The van der Waals surface area contributed by atoms with Crippen LogP contribution in [0.4, 0.5) is 0 Å². The van der Waals surface area contributed by atoms with Gasteiger partial charge in [0.25, 0.3) is 0 Å². The number of carbonyl (C=O) groups excluding carboxylic acids is 2. The topological polar surface area (TPSA) is 114 Å². The van der Waals surface area contributed by atoms with E-state index in [1.54, 1.807) is 0 Å². The molecule has 1 aliphatic carbocycles. The van der Waals surface area contributed by atoms with Crippen molar-refractivity contribution in [1.82, 2.24) is 0 Å². The van der Waals surface area contributed by atoms with Crippen LogP contribution in [0.1, 0.15) is 27.6 Å². The molecule has 7 nitrogen and oxygen atoms in total. The molecular weight excluding hydrogens is 304 g/mol. The molecule has 1 aliphatic rings. The SMILES string of the molecule is COC(=O)[C@H]1c2c(oc3cc(C=O)cc(O)c3c2=O)C=C[C@H]1O. The summed E-state index contributed by atoms with van der Waals surface area (Å²) in [6.07, 6.45) is 1.94. The van der Waals surface area contributed by atoms with E-state index < -0.39 is 29.2 Å². The first-order valence-electron chi connectivity index (χ1n) is 6.71. The summed E-state index contributed by atoms with van der Waals surface area (Å²) >= 11 is 0. The van der Waals surface area contributed by atoms with E-state index in [1.807, 2.05) is 0 Å². The molecule has 0 unspecified atom stereocenters. The zero-order valence-electron chi connectivity index (χ0n) is 12.0. The van der Waals surface area contributed by atoms with Gasteiger partial charge in [0.1, 0.15) is 34.7 Å². The Hall–Kier alpha value is -2.93. The van der Waals surface area contributed by atoms with Crippen LogP contribution < -0.4 is 5.43 Å². The number of rotatable bonds is 2. The average molecular weight is 316 g/mol. The number of fused-ring (bicyclic) bond motifs is 2. The smallest absolute Gasteiger partial charge is 0.316 e. The predicted octanol–water partition coefficient (Wildman–Crippen LogP) is 0.955. The number of aliphatic hydroxyl groups excluding tert-OH is 1. The lowest BCUT2D eigenvalue weighted by Crippen LogP contribution is -2.33. The van der Waals surface area contributed by atoms with Crippen LogP contribution in [0.5, 0.6) is 5.75 Å². The van der Waals surface area contributed by atoms with E-state index in [-0.39, 0.29) is 27.9 Å². The van der Waals surface area contributed by atoms with Gasteiger partial charge in [-0.2, -0.15) is 0 Å². The maximum atomic E-state index is 12.7. The van der Waals surface area contributed by atoms with Gasteiger partial charge in [-0.3, -0.25) is 14.4 Å². The van der Waals surface area contributed by atoms with Gasteiger partial charge in [-0.1, -0.05) is 6.08 Å². The van der Waals surface area contributed by atoms with Crippen molar-refractivity contribution in [2.24, 2.45) is 0 Å². The lowest BCUT2D eigenvalue weighted by atomic mass is 9.87. The third-order valence-electron chi connectivity index (χ3n) is 3.75. The van der Waals surface area contributed by atoms with Gasteiger partial charge in [0, 0.05) is 5.56 Å². The summed E-state index contributed by atoms with van der Waals surface area (Å²) in [5.41, 5.74) is -0.591. The molecule has 0 saturated carbocycles. The molecule has 1 aromatic carbocycles. The highest BCUT2D eigenvalue weighted by atomic mass is 16.5. The zero-order valence-corrected chi connectivity index (χ0v) is 12.0. The molecule has 0 amide bonds. The minimum absolute atomic E-state index is 0.0144. The highest BCUT2D eigenvalue weighted by Gasteiger charge is 2.36. The fraction of sp³-hybridized carbons (Fsp3) is 0.188. The fourth-order valence-corrected chi connectivity index (χ4v) is 2.69. The second-order valence-corrected chi connectivity index (χ2v) is 5.09. The molecule has 0 fully saturated rings. The monoisotopic (exact) mass is 316 g/mol. The van der Waals surface area contributed by atoms with Gasteiger partial charge in [-0.15, -0.1) is 0 Å². The lowest BCUT2D eigenvalue weighted by molar-refractivity contribution is -0.144. The predicted molar refractivity (Wildman–Crippen MR) is 79.3 cm³/mol. The van der Waals surface area contributed by atoms with E-state index in [4.69, 9.17) is 4.42 Å². The van der Waals surface area contributed by atoms with Gasteiger partial charge in [0.15, 0.2) is 0 Å². The van der Waals surface area contributed by atoms with Crippen LogP contribution in [0.15, 0.2) is 27.4 Å². The highest BCUT2D eigenvalue weighted by Crippen LogP contribution is 2.33. The number of aliphatic hydroxyl groups is 1. The molecule has 0 aliphatic heterocycles. The van der Waals surface area contributed by atoms with Crippen molar-refractivity contribution >= 4 is 29.3 Å². The molecule has 2 atom stereocenters. The Morgan fingerprint density at radius 3 is 2.78 bits per heavy atom. The average Bonchev–Trinajstić information content (AvgIpc) is 2.54. The van der Waals surface area contributed by atoms with Crippen LogP contribution in [-0.4, -0.2) is 35.7 Å². The molecule has 2 aromatic rings. The number of phenolic OH excluding ortho intramolecular Hbond substituents is 1. The zero-order chi connectivity index (χ0) is 16.7. The summed E-state index contributed by atoms with van der Waals surface area (Å²) in [5.74, 6) is -2.40. The molecule has 1 aromatic heterocycles. The summed E-state index contributed by atoms with van der Waals surface area (Å²) < 4.78 is 10.2. The van der Waals surface area contributed by atoms with Gasteiger partial charge in [0.2, 0.25) is 5.43 Å². The van der Waals surface area contributed by atoms with Gasteiger partial charge in [-0.05, 0) is 18.2 Å². The van der Waals surface area contributed by atoms with Crippen molar-refractivity contribution < 1.29 is 29.0 Å². The van der Waals surface area contributed by atoms with Crippen molar-refractivity contribution in [2.75, 3.05) is 7.11 Å². The van der Waals surface area contributed by atoms with E-state index in [0.29, 0.717) is 6.29 Å². The number of aromatic hydroxyl groups is 1. The largest absolute Gasteiger partial charge is 0.507 e. The maximum Gasteiger partial charge on any atom is 0.316 e. The number of benzene rings is 1. The number of esters is 1. The number of methoxy groups -OCH3 is 1. The minimum atomic E-state index is -1.24. The summed E-state index contributed by atoms with van der Waals surface area (Å²) in [6.45, 7) is 0. The molecule has 3 rings (SSSR count). The van der Waals surface area contributed by atoms with E-state index >= 15 is 0 Å². The Balaban J connectivity index is 2.39. The number of aldehydes is 1. The second kappa shape index (κ2) is 5.36. The first kappa shape index (κ1) is 15.0. The number of carbonyl (C=O) groups is 2. The number of phenols is 1. The highest BCUT2D eigenvalue weighted by molar-refractivity contribution is 5.92. The van der Waals surface area contributed by atoms with E-state index in [9.17, 15) is 24.6 Å². The summed E-state index contributed by atoms with van der Waals surface area (Å²) in [7, 11) is 1.14. The molecule has 7 heteroatoms. The summed E-state index contributed by atoms with van der Waals surface area (Å²) in [6, 6.07) is 2.44. The van der Waals surface area contributed by atoms with Gasteiger partial charge in [0.05, 0.1) is 18.8 Å². The molecule has 0 radical (unpaired) electrons. The van der Waals surface area contributed by atoms with Gasteiger partial charge in [-0.25, -0.2) is 0 Å². The maximum absolute atomic E-state index is 12.7. The number of hydrogen-bond donors (Lipinski definition) is 2. The van der Waals surface area contributed by atoms with Gasteiger partial charge >= 0.3 is 5.97 Å². The quantitative estimate of drug-likeness (QED) is 0.626. The molecular formula is C16H12O7. The van der Waals surface area contributed by atoms with Crippen molar-refractivity contribution in [3.63, 3.8) is 0 Å². The summed E-state index contributed by atoms with van der Waals surface area (Å²) in [5, 5.41) is 19.8. The Morgan fingerprint density at radius 2 is 2.13 bits per heavy atom. The third kappa shape index (κ3) is 2.22. The van der Waals surface area contributed by atoms with E-state index in [1.165, 1.54) is 18.2 Å². The molecule has 2 N–H and O–H groups in total. The van der Waals surface area contributed by atoms with Crippen molar-refractivity contribution in [2.45, 2.75) is 12.0 Å². The first-order valence-corrected chi connectivity index (χ1v) is 6.71. The number of hydrogen-bond acceptors (Lipinski definition) is 7. The van der Waals surface area contributed by atoms with E-state index in [0.717, 1.165) is 13.2 Å². The molecule has 0 saturated heterocycles. The minimum Gasteiger partial charge on any atom is -0.507 e. The van der Waals surface area contributed by atoms with Crippen molar-refractivity contribution in [3.8, 4) is 5.75 Å². The van der Waals surface area contributed by atoms with Crippen LogP contribution in [0.25, 0.3) is 17.0 Å². The van der Waals surface area contributed by atoms with Crippen LogP contribution >= 0.6 is 0 Å². The third-order valence-corrected chi connectivity index (χ3v) is 3.75. The Labute approximate surface area is 129 Å². The Kier molecular flexibility index (Phi) is 3.49. The first-order chi connectivity index (χ1) is 11.0. The van der Waals surface area contributed by atoms with E-state index in [2.05, 4.69) is 4.74 Å². The Morgan fingerprint density at radius 1 is 1.39 bits per heavy atom. The normalized spacial score (nSPS) is 19.4. The summed E-state index contributed by atoms with van der Waals surface area (Å²) in [4.78, 5) is 35.5. The Bertz CT molecular complexity index is 907. The fourth-order valence-electron chi connectivity index (χ4n) is 2.69. The second-order valence-electron chi connectivity index (χ2n) is 5.09. The van der Waals surface area contributed by atoms with Crippen LogP contribution in [0.3, 0.4) is 0 Å². The van der Waals surface area contributed by atoms with Crippen LogP contribution in [0, 0.1) is 0 Å². The standard InChI is InChI=1S/C16H12O7/c1-22-16(21)13-8(18)2-3-10-14(13)15(20)12-9(19)4-7(6-17)5-11(12)23-10/h2-6,8,13,18-19H,1H3/t8-,13-/m1/s1. The van der Waals surface area contributed by atoms with Gasteiger partial charge < -0.3 is 19.4 Å². The molecule has 1 heterocycles. The molecule has 118 valence electrons. The van der Waals surface area contributed by atoms with Crippen LogP contribution in [-0.2, 0) is 9.53 Å². The van der Waals surface area contributed by atoms with Crippen molar-refractivity contribution in [1.29, 1.82) is 0 Å². The molecule has 0 spiro atoms. The van der Waals surface area contributed by atoms with Crippen molar-refractivity contribution in [3.05, 3.63) is 45.3 Å².